The highest BCUT2D eigenvalue weighted by Gasteiger charge is 2.39. The van der Waals surface area contributed by atoms with Gasteiger partial charge in [-0.25, -0.2) is 0 Å². The predicted octanol–water partition coefficient (Wildman–Crippen LogP) is 1.98. The fourth-order valence-electron chi connectivity index (χ4n) is 2.33. The van der Waals surface area contributed by atoms with Gasteiger partial charge < -0.3 is 14.6 Å². The molecule has 0 bridgehead atoms. The molecular weight excluding hydrogens is 230 g/mol. The largest absolute Gasteiger partial charge is 0.367 e. The van der Waals surface area contributed by atoms with Crippen LogP contribution in [0, 0.1) is 0 Å². The third kappa shape index (κ3) is 2.29. The first-order chi connectivity index (χ1) is 8.54. The Hall–Kier alpha value is -0.940. The Morgan fingerprint density at radius 2 is 2.28 bits per heavy atom. The van der Waals surface area contributed by atoms with Gasteiger partial charge in [0, 0.05) is 13.2 Å². The van der Waals surface area contributed by atoms with Gasteiger partial charge in [-0.05, 0) is 40.2 Å². The molecule has 2 rings (SSSR count). The Balaban J connectivity index is 2.24. The van der Waals surface area contributed by atoms with Crippen LogP contribution in [-0.4, -0.2) is 29.8 Å². The second kappa shape index (κ2) is 4.97. The maximum absolute atomic E-state index is 5.77. The molecular formula is C13H23N3O2. The van der Waals surface area contributed by atoms with Crippen molar-refractivity contribution in [2.45, 2.75) is 51.6 Å². The lowest BCUT2D eigenvalue weighted by molar-refractivity contribution is -0.0403. The van der Waals surface area contributed by atoms with Gasteiger partial charge >= 0.3 is 0 Å². The quantitative estimate of drug-likeness (QED) is 0.869. The van der Waals surface area contributed by atoms with E-state index in [1.54, 1.807) is 0 Å². The van der Waals surface area contributed by atoms with Gasteiger partial charge in [0.1, 0.15) is 5.60 Å². The van der Waals surface area contributed by atoms with E-state index in [0.29, 0.717) is 12.4 Å². The van der Waals surface area contributed by atoms with Gasteiger partial charge in [0.2, 0.25) is 11.7 Å². The molecule has 1 aromatic heterocycles. The molecule has 18 heavy (non-hydrogen) atoms. The minimum absolute atomic E-state index is 0.0356. The number of hydrogen-bond donors (Lipinski definition) is 1. The zero-order valence-corrected chi connectivity index (χ0v) is 11.7. The van der Waals surface area contributed by atoms with Gasteiger partial charge in [-0.3, -0.25) is 0 Å². The Labute approximate surface area is 108 Å². The Morgan fingerprint density at radius 1 is 1.50 bits per heavy atom. The molecule has 0 spiro atoms. The van der Waals surface area contributed by atoms with Crippen molar-refractivity contribution in [3.8, 4) is 0 Å². The predicted molar refractivity (Wildman–Crippen MR) is 68.4 cm³/mol. The molecule has 0 aromatic carbocycles. The summed E-state index contributed by atoms with van der Waals surface area (Å²) in [7, 11) is 0. The number of rotatable bonds is 5. The Kier molecular flexibility index (Phi) is 3.73. The molecule has 5 heteroatoms. The third-order valence-electron chi connectivity index (χ3n) is 3.92. The van der Waals surface area contributed by atoms with E-state index in [4.69, 9.17) is 9.26 Å². The zero-order chi connectivity index (χ0) is 13.2. The van der Waals surface area contributed by atoms with Gasteiger partial charge in [0.15, 0.2) is 0 Å². The van der Waals surface area contributed by atoms with Crippen LogP contribution in [0.5, 0.6) is 0 Å². The molecule has 2 atom stereocenters. The van der Waals surface area contributed by atoms with Crippen molar-refractivity contribution in [3.05, 3.63) is 11.7 Å². The maximum atomic E-state index is 5.77. The van der Waals surface area contributed by atoms with Gasteiger partial charge in [0.25, 0.3) is 0 Å². The Bertz CT molecular complexity index is 399. The highest BCUT2D eigenvalue weighted by molar-refractivity contribution is 5.10. The van der Waals surface area contributed by atoms with Gasteiger partial charge in [0.05, 0.1) is 5.41 Å². The lowest BCUT2D eigenvalue weighted by Crippen LogP contribution is -2.28. The van der Waals surface area contributed by atoms with Crippen LogP contribution in [0.25, 0.3) is 0 Å². The molecule has 0 aliphatic carbocycles. The van der Waals surface area contributed by atoms with Crippen LogP contribution in [-0.2, 0) is 15.8 Å². The van der Waals surface area contributed by atoms with Crippen LogP contribution in [0.15, 0.2) is 4.52 Å². The Morgan fingerprint density at radius 3 is 2.83 bits per heavy atom. The van der Waals surface area contributed by atoms with E-state index in [1.807, 2.05) is 13.8 Å². The summed E-state index contributed by atoms with van der Waals surface area (Å²) in [4.78, 5) is 4.58. The van der Waals surface area contributed by atoms with Crippen molar-refractivity contribution in [1.29, 1.82) is 0 Å². The molecule has 0 amide bonds. The monoisotopic (exact) mass is 253 g/mol. The van der Waals surface area contributed by atoms with Crippen LogP contribution < -0.4 is 5.32 Å². The number of nitrogens with one attached hydrogen (secondary N) is 1. The van der Waals surface area contributed by atoms with E-state index in [2.05, 4.69) is 29.3 Å². The average Bonchev–Trinajstić information content (AvgIpc) is 2.98. The molecule has 1 aliphatic rings. The van der Waals surface area contributed by atoms with Crippen molar-refractivity contribution in [2.24, 2.45) is 0 Å². The average molecular weight is 253 g/mol. The molecule has 5 nitrogen and oxygen atoms in total. The van der Waals surface area contributed by atoms with Crippen molar-refractivity contribution in [1.82, 2.24) is 15.5 Å². The van der Waals surface area contributed by atoms with Crippen molar-refractivity contribution >= 4 is 0 Å². The first kappa shape index (κ1) is 13.5. The molecule has 0 radical (unpaired) electrons. The molecule has 1 N–H and O–H groups in total. The molecule has 102 valence electrons. The molecule has 2 heterocycles. The first-order valence-corrected chi connectivity index (χ1v) is 6.73. The summed E-state index contributed by atoms with van der Waals surface area (Å²) in [5.74, 6) is 1.39. The normalized spacial score (nSPS) is 27.3. The molecule has 1 fully saturated rings. The van der Waals surface area contributed by atoms with Crippen LogP contribution in [0.4, 0.5) is 0 Å². The highest BCUT2D eigenvalue weighted by Crippen LogP contribution is 2.32. The van der Waals surface area contributed by atoms with Crippen LogP contribution in [0.3, 0.4) is 0 Å². The topological polar surface area (TPSA) is 60.2 Å². The fourth-order valence-corrected chi connectivity index (χ4v) is 2.33. The lowest BCUT2D eigenvalue weighted by Gasteiger charge is -2.24. The number of nitrogens with zero attached hydrogens (tertiary/aromatic N) is 2. The summed E-state index contributed by atoms with van der Waals surface area (Å²) in [6.07, 6.45) is 1.86. The summed E-state index contributed by atoms with van der Waals surface area (Å²) >= 11 is 0. The van der Waals surface area contributed by atoms with E-state index in [9.17, 15) is 0 Å². The minimum Gasteiger partial charge on any atom is -0.367 e. The van der Waals surface area contributed by atoms with E-state index >= 15 is 0 Å². The lowest BCUT2D eigenvalue weighted by atomic mass is 9.90. The van der Waals surface area contributed by atoms with E-state index in [1.165, 1.54) is 0 Å². The molecule has 0 saturated carbocycles. The van der Waals surface area contributed by atoms with Crippen LogP contribution in [0.1, 0.15) is 52.3 Å². The molecule has 2 unspecified atom stereocenters. The number of aromatic nitrogens is 2. The molecule has 1 aromatic rings. The minimum atomic E-state index is -0.446. The van der Waals surface area contributed by atoms with E-state index < -0.39 is 5.60 Å². The van der Waals surface area contributed by atoms with Gasteiger partial charge in [-0.15, -0.1) is 0 Å². The fraction of sp³-hybridized carbons (Fsp3) is 0.846. The van der Waals surface area contributed by atoms with E-state index in [-0.39, 0.29) is 5.41 Å². The molecule has 1 aliphatic heterocycles. The number of ether oxygens (including phenoxy) is 1. The SMILES string of the molecule is CCOC(C)(CC)c1noc(C2(C)CCNC2)n1. The standard InChI is InChI=1S/C13H23N3O2/c1-5-13(4,17-6-2)10-15-11(18-16-10)12(3)7-8-14-9-12/h14H,5-9H2,1-4H3. The van der Waals surface area contributed by atoms with Gasteiger partial charge in [-0.1, -0.05) is 12.1 Å². The van der Waals surface area contributed by atoms with E-state index in [0.717, 1.165) is 31.8 Å². The third-order valence-corrected chi connectivity index (χ3v) is 3.92. The summed E-state index contributed by atoms with van der Waals surface area (Å²) < 4.78 is 11.2. The highest BCUT2D eigenvalue weighted by atomic mass is 16.5. The summed E-state index contributed by atoms with van der Waals surface area (Å²) in [6, 6.07) is 0. The smallest absolute Gasteiger partial charge is 0.234 e. The van der Waals surface area contributed by atoms with Crippen molar-refractivity contribution in [3.63, 3.8) is 0 Å². The van der Waals surface area contributed by atoms with Crippen molar-refractivity contribution < 1.29 is 9.26 Å². The molecule has 1 saturated heterocycles. The summed E-state index contributed by atoms with van der Waals surface area (Å²) in [5, 5.41) is 7.47. The second-order valence-corrected chi connectivity index (χ2v) is 5.43. The van der Waals surface area contributed by atoms with Crippen LogP contribution in [0.2, 0.25) is 0 Å². The van der Waals surface area contributed by atoms with Crippen molar-refractivity contribution in [2.75, 3.05) is 19.7 Å². The summed E-state index contributed by atoms with van der Waals surface area (Å²) in [5.41, 5.74) is -0.481. The number of hydrogen-bond acceptors (Lipinski definition) is 5. The maximum Gasteiger partial charge on any atom is 0.234 e. The zero-order valence-electron chi connectivity index (χ0n) is 11.7. The van der Waals surface area contributed by atoms with Gasteiger partial charge in [-0.2, -0.15) is 4.98 Å². The van der Waals surface area contributed by atoms with Crippen LogP contribution >= 0.6 is 0 Å². The first-order valence-electron chi connectivity index (χ1n) is 6.73. The second-order valence-electron chi connectivity index (χ2n) is 5.43. The summed E-state index contributed by atoms with van der Waals surface area (Å²) in [6.45, 7) is 10.8.